The van der Waals surface area contributed by atoms with Gasteiger partial charge in [-0.1, -0.05) is 0 Å². The molecule has 0 aromatic heterocycles. The van der Waals surface area contributed by atoms with Gasteiger partial charge in [0, 0.05) is 22.5 Å². The lowest BCUT2D eigenvalue weighted by Gasteiger charge is -2.38. The minimum absolute atomic E-state index is 0.0875. The molecule has 2 saturated carbocycles. The number of fused-ring (bicyclic) bond motifs is 1. The summed E-state index contributed by atoms with van der Waals surface area (Å²) < 4.78 is 130. The standard InChI is InChI=1S/C20H13F6I3O9S/c21-19(22,23)18(20(24,25)26,4-39(33,34)35)38-17(32)12-7-1-6-11(12)16(31)37-14(6)13(7)36-15(30)5-2-9(28)10(29)3-8(5)27/h2-3,6-7,11-14H,1,4H2,(H,33,34,35). The topological polar surface area (TPSA) is 133 Å². The Kier molecular flexibility index (Phi) is 8.20. The summed E-state index contributed by atoms with van der Waals surface area (Å²) in [4.78, 5) is 38.4. The normalized spacial score (nSPS) is 28.4. The fourth-order valence-electron chi connectivity index (χ4n) is 5.30. The van der Waals surface area contributed by atoms with Crippen LogP contribution in [-0.4, -0.2) is 66.8 Å². The maximum absolute atomic E-state index is 13.7. The molecule has 1 heterocycles. The number of alkyl halides is 6. The summed E-state index contributed by atoms with van der Waals surface area (Å²) in [7, 11) is -6.00. The molecule has 4 rings (SSSR count). The molecule has 19 heteroatoms. The van der Waals surface area contributed by atoms with Crippen molar-refractivity contribution in [2.45, 2.75) is 36.6 Å². The molecule has 2 bridgehead atoms. The third-order valence-corrected chi connectivity index (χ3v) is 11.3. The van der Waals surface area contributed by atoms with Gasteiger partial charge in [0.1, 0.15) is 18.0 Å². The van der Waals surface area contributed by atoms with E-state index in [2.05, 4.69) is 4.74 Å². The highest BCUT2D eigenvalue weighted by molar-refractivity contribution is 14.1. The van der Waals surface area contributed by atoms with Gasteiger partial charge in [-0.3, -0.25) is 14.1 Å². The van der Waals surface area contributed by atoms with Crippen LogP contribution in [0.5, 0.6) is 0 Å². The number of halogens is 9. The Morgan fingerprint density at radius 3 is 2.10 bits per heavy atom. The molecule has 0 amide bonds. The van der Waals surface area contributed by atoms with E-state index in [0.29, 0.717) is 7.14 Å². The second-order valence-corrected chi connectivity index (χ2v) is 14.0. The zero-order valence-corrected chi connectivity index (χ0v) is 25.8. The number of hydrogen-bond acceptors (Lipinski definition) is 8. The lowest BCUT2D eigenvalue weighted by atomic mass is 9.78. The molecular weight excluding hydrogens is 911 g/mol. The van der Waals surface area contributed by atoms with E-state index in [9.17, 15) is 49.1 Å². The molecule has 1 N–H and O–H groups in total. The minimum Gasteiger partial charge on any atom is -0.458 e. The quantitative estimate of drug-likeness (QED) is 0.112. The molecule has 3 aliphatic rings. The van der Waals surface area contributed by atoms with Crippen molar-refractivity contribution in [2.24, 2.45) is 23.7 Å². The van der Waals surface area contributed by atoms with E-state index in [1.165, 1.54) is 6.07 Å². The van der Waals surface area contributed by atoms with Crippen LogP contribution < -0.4 is 0 Å². The molecule has 6 unspecified atom stereocenters. The first-order valence-electron chi connectivity index (χ1n) is 10.6. The van der Waals surface area contributed by atoms with Gasteiger partial charge in [-0.25, -0.2) is 4.79 Å². The highest BCUT2D eigenvalue weighted by Gasteiger charge is 2.77. The number of esters is 3. The van der Waals surface area contributed by atoms with Crippen molar-refractivity contribution in [3.05, 3.63) is 28.4 Å². The van der Waals surface area contributed by atoms with Crippen molar-refractivity contribution in [1.82, 2.24) is 0 Å². The van der Waals surface area contributed by atoms with Crippen molar-refractivity contribution >= 4 is 95.8 Å². The number of benzene rings is 1. The molecular formula is C20H13F6I3O9S. The van der Waals surface area contributed by atoms with Crippen molar-refractivity contribution in [3.8, 4) is 0 Å². The lowest BCUT2D eigenvalue weighted by Crippen LogP contribution is -2.64. The third kappa shape index (κ3) is 5.46. The zero-order valence-electron chi connectivity index (χ0n) is 18.6. The van der Waals surface area contributed by atoms with Crippen LogP contribution in [0, 0.1) is 34.4 Å². The Morgan fingerprint density at radius 1 is 1.00 bits per heavy atom. The average Bonchev–Trinajstić information content (AvgIpc) is 3.37. The van der Waals surface area contributed by atoms with Crippen LogP contribution in [0.3, 0.4) is 0 Å². The molecule has 2 aliphatic carbocycles. The molecule has 3 fully saturated rings. The van der Waals surface area contributed by atoms with Gasteiger partial charge in [0.15, 0.2) is 0 Å². The third-order valence-electron chi connectivity index (χ3n) is 6.87. The van der Waals surface area contributed by atoms with E-state index in [-0.39, 0.29) is 12.0 Å². The van der Waals surface area contributed by atoms with Gasteiger partial charge in [-0.05, 0) is 86.3 Å². The average molecular weight is 924 g/mol. The van der Waals surface area contributed by atoms with Gasteiger partial charge in [0.25, 0.3) is 10.1 Å². The Hall–Kier alpha value is -0.690. The molecule has 216 valence electrons. The number of rotatable bonds is 6. The van der Waals surface area contributed by atoms with Crippen LogP contribution in [0.4, 0.5) is 26.3 Å². The number of ether oxygens (including phenoxy) is 3. The Balaban J connectivity index is 1.67. The molecule has 39 heavy (non-hydrogen) atoms. The van der Waals surface area contributed by atoms with Gasteiger partial charge in [0.05, 0.1) is 17.4 Å². The first-order valence-corrected chi connectivity index (χ1v) is 15.4. The first-order chi connectivity index (χ1) is 17.7. The van der Waals surface area contributed by atoms with E-state index in [0.717, 1.165) is 3.57 Å². The van der Waals surface area contributed by atoms with Crippen LogP contribution in [-0.2, 0) is 33.9 Å². The number of carbonyl (C=O) groups is 3. The number of carbonyl (C=O) groups excluding carboxylic acids is 3. The van der Waals surface area contributed by atoms with Crippen molar-refractivity contribution in [2.75, 3.05) is 5.75 Å². The highest BCUT2D eigenvalue weighted by atomic mass is 127. The Bertz CT molecular complexity index is 1340. The predicted octanol–water partition coefficient (Wildman–Crippen LogP) is 4.13. The SMILES string of the molecule is O=C(OC1C2CC3C1OC(=O)C3C2C(=O)OC(CS(=O)(=O)O)(C(F)(F)F)C(F)(F)F)c1cc(I)c(I)cc1I. The van der Waals surface area contributed by atoms with Gasteiger partial charge >= 0.3 is 35.9 Å². The monoisotopic (exact) mass is 924 g/mol. The number of hydrogen-bond donors (Lipinski definition) is 1. The lowest BCUT2D eigenvalue weighted by molar-refractivity contribution is -0.362. The fourth-order valence-corrected chi connectivity index (χ4v) is 8.42. The fraction of sp³-hybridized carbons (Fsp3) is 0.550. The molecule has 1 saturated heterocycles. The molecule has 6 atom stereocenters. The van der Waals surface area contributed by atoms with Crippen molar-refractivity contribution < 1.29 is 67.9 Å². The highest BCUT2D eigenvalue weighted by Crippen LogP contribution is 2.60. The maximum Gasteiger partial charge on any atom is 0.438 e. The second-order valence-electron chi connectivity index (χ2n) is 9.10. The summed E-state index contributed by atoms with van der Waals surface area (Å²) in [5, 5.41) is 0. The van der Waals surface area contributed by atoms with Gasteiger partial charge in [0.2, 0.25) is 0 Å². The van der Waals surface area contributed by atoms with Crippen LogP contribution >= 0.6 is 67.8 Å². The van der Waals surface area contributed by atoms with E-state index < -0.39 is 87.6 Å². The van der Waals surface area contributed by atoms with Crippen LogP contribution in [0.15, 0.2) is 12.1 Å². The summed E-state index contributed by atoms with van der Waals surface area (Å²) in [6, 6.07) is 3.15. The maximum atomic E-state index is 13.7. The molecule has 0 spiro atoms. The van der Waals surface area contributed by atoms with Crippen LogP contribution in [0.25, 0.3) is 0 Å². The Morgan fingerprint density at radius 2 is 1.56 bits per heavy atom. The van der Waals surface area contributed by atoms with E-state index in [1.807, 2.05) is 67.8 Å². The van der Waals surface area contributed by atoms with E-state index in [1.54, 1.807) is 6.07 Å². The summed E-state index contributed by atoms with van der Waals surface area (Å²) in [6.07, 6.45) is -15.7. The largest absolute Gasteiger partial charge is 0.458 e. The molecule has 9 nitrogen and oxygen atoms in total. The second kappa shape index (κ2) is 10.2. The molecule has 1 aromatic carbocycles. The van der Waals surface area contributed by atoms with Crippen molar-refractivity contribution in [1.29, 1.82) is 0 Å². The zero-order chi connectivity index (χ0) is 29.5. The Labute approximate surface area is 256 Å². The predicted molar refractivity (Wildman–Crippen MR) is 140 cm³/mol. The van der Waals surface area contributed by atoms with Gasteiger partial charge in [-0.15, -0.1) is 0 Å². The van der Waals surface area contributed by atoms with Crippen LogP contribution in [0.2, 0.25) is 0 Å². The molecule has 1 aromatic rings. The molecule has 0 radical (unpaired) electrons. The summed E-state index contributed by atoms with van der Waals surface area (Å²) in [5.41, 5.74) is -5.54. The molecule has 1 aliphatic heterocycles. The van der Waals surface area contributed by atoms with E-state index >= 15 is 0 Å². The van der Waals surface area contributed by atoms with Gasteiger partial charge < -0.3 is 14.2 Å². The van der Waals surface area contributed by atoms with Gasteiger partial charge in [-0.2, -0.15) is 34.8 Å². The van der Waals surface area contributed by atoms with E-state index in [4.69, 9.17) is 14.0 Å². The minimum atomic E-state index is -6.53. The first kappa shape index (κ1) is 31.3. The summed E-state index contributed by atoms with van der Waals surface area (Å²) in [6.45, 7) is 0. The summed E-state index contributed by atoms with van der Waals surface area (Å²) in [5.74, 6) is -12.9. The summed E-state index contributed by atoms with van der Waals surface area (Å²) >= 11 is 5.84. The smallest absolute Gasteiger partial charge is 0.438 e. The van der Waals surface area contributed by atoms with Crippen molar-refractivity contribution in [3.63, 3.8) is 0 Å². The van der Waals surface area contributed by atoms with Crippen LogP contribution in [0.1, 0.15) is 16.8 Å².